The van der Waals surface area contributed by atoms with E-state index in [1.807, 2.05) is 31.2 Å². The van der Waals surface area contributed by atoms with E-state index in [-0.39, 0.29) is 11.3 Å². The van der Waals surface area contributed by atoms with Crippen LogP contribution in [0.25, 0.3) is 0 Å². The summed E-state index contributed by atoms with van der Waals surface area (Å²) in [5, 5.41) is 3.16. The van der Waals surface area contributed by atoms with Crippen molar-refractivity contribution in [3.05, 3.63) is 69.7 Å². The zero-order valence-electron chi connectivity index (χ0n) is 18.2. The van der Waals surface area contributed by atoms with E-state index in [1.165, 1.54) is 0 Å². The van der Waals surface area contributed by atoms with Crippen LogP contribution in [-0.4, -0.2) is 30.0 Å². The van der Waals surface area contributed by atoms with E-state index < -0.39 is 6.04 Å². The Hall–Kier alpha value is -2.67. The van der Waals surface area contributed by atoms with Crippen molar-refractivity contribution in [2.24, 2.45) is 5.41 Å². The molecule has 0 bridgehead atoms. The molecule has 0 saturated heterocycles. The van der Waals surface area contributed by atoms with Gasteiger partial charge in [-0.25, -0.2) is 9.97 Å². The normalized spacial score (nSPS) is 17.6. The number of aromatic nitrogens is 2. The van der Waals surface area contributed by atoms with Crippen LogP contribution in [0.5, 0.6) is 5.88 Å². The number of pyridine rings is 2. The van der Waals surface area contributed by atoms with E-state index in [2.05, 4.69) is 58.1 Å². The monoisotopic (exact) mass is 470 g/mol. The van der Waals surface area contributed by atoms with Crippen LogP contribution in [0, 0.1) is 5.41 Å². The van der Waals surface area contributed by atoms with Crippen LogP contribution in [0.2, 0.25) is 0 Å². The Morgan fingerprint density at radius 3 is 2.53 bits per heavy atom. The number of halogens is 1. The van der Waals surface area contributed by atoms with Crippen LogP contribution in [0.15, 0.2) is 64.2 Å². The Morgan fingerprint density at radius 2 is 2.00 bits per heavy atom. The fourth-order valence-corrected chi connectivity index (χ4v) is 4.22. The highest BCUT2D eigenvalue weighted by molar-refractivity contribution is 9.10. The SMILES string of the molecule is C/C=C(/C1=C(NC)C(=O)N(c2ccc(Br)nc2)C1c1cccnc1OC)C(C)(C)C. The average Bonchev–Trinajstić information content (AvgIpc) is 2.99. The molecule has 1 atom stereocenters. The quantitative estimate of drug-likeness (QED) is 0.635. The van der Waals surface area contributed by atoms with Crippen molar-refractivity contribution >= 4 is 27.5 Å². The molecule has 7 heteroatoms. The molecule has 0 saturated carbocycles. The fourth-order valence-electron chi connectivity index (χ4n) is 3.99. The van der Waals surface area contributed by atoms with Gasteiger partial charge in [0, 0.05) is 24.4 Å². The van der Waals surface area contributed by atoms with Gasteiger partial charge in [0.2, 0.25) is 5.88 Å². The number of anilines is 1. The lowest BCUT2D eigenvalue weighted by Crippen LogP contribution is -2.32. The molecule has 0 aromatic carbocycles. The van der Waals surface area contributed by atoms with E-state index in [4.69, 9.17) is 4.74 Å². The number of rotatable bonds is 5. The maximum atomic E-state index is 13.6. The lowest BCUT2D eigenvalue weighted by Gasteiger charge is -2.32. The molecule has 0 fully saturated rings. The molecule has 0 aliphatic carbocycles. The van der Waals surface area contributed by atoms with Crippen LogP contribution in [0.1, 0.15) is 39.3 Å². The number of allylic oxidation sites excluding steroid dienone is 1. The third-order valence-corrected chi connectivity index (χ3v) is 5.62. The number of carbonyl (C=O) groups excluding carboxylic acids is 1. The van der Waals surface area contributed by atoms with Gasteiger partial charge in [-0.1, -0.05) is 26.8 Å². The Balaban J connectivity index is 2.33. The Kier molecular flexibility index (Phi) is 6.31. The summed E-state index contributed by atoms with van der Waals surface area (Å²) < 4.78 is 6.29. The first-order valence-corrected chi connectivity index (χ1v) is 10.6. The molecule has 3 heterocycles. The number of methoxy groups -OCH3 is 1. The molecule has 158 valence electrons. The van der Waals surface area contributed by atoms with Crippen molar-refractivity contribution < 1.29 is 9.53 Å². The molecule has 1 aliphatic rings. The minimum atomic E-state index is -0.406. The van der Waals surface area contributed by atoms with Gasteiger partial charge >= 0.3 is 0 Å². The van der Waals surface area contributed by atoms with Crippen LogP contribution >= 0.6 is 15.9 Å². The molecule has 3 rings (SSSR count). The largest absolute Gasteiger partial charge is 0.481 e. The number of ether oxygens (including phenoxy) is 1. The number of hydrogen-bond acceptors (Lipinski definition) is 5. The zero-order chi connectivity index (χ0) is 22.1. The van der Waals surface area contributed by atoms with E-state index in [9.17, 15) is 4.79 Å². The molecular formula is C23H27BrN4O2. The third kappa shape index (κ3) is 3.86. The van der Waals surface area contributed by atoms with E-state index in [1.54, 1.807) is 31.5 Å². The number of nitrogens with one attached hydrogen (secondary N) is 1. The predicted molar refractivity (Wildman–Crippen MR) is 122 cm³/mol. The summed E-state index contributed by atoms with van der Waals surface area (Å²) in [5.41, 5.74) is 3.92. The molecule has 30 heavy (non-hydrogen) atoms. The molecule has 2 aromatic rings. The van der Waals surface area contributed by atoms with Gasteiger partial charge in [0.1, 0.15) is 10.3 Å². The van der Waals surface area contributed by atoms with Crippen molar-refractivity contribution in [1.82, 2.24) is 15.3 Å². The highest BCUT2D eigenvalue weighted by Crippen LogP contribution is 2.49. The van der Waals surface area contributed by atoms with Gasteiger partial charge in [-0.3, -0.25) is 9.69 Å². The van der Waals surface area contributed by atoms with Crippen molar-refractivity contribution in [3.63, 3.8) is 0 Å². The van der Waals surface area contributed by atoms with Gasteiger partial charge in [-0.2, -0.15) is 0 Å². The maximum absolute atomic E-state index is 13.6. The molecule has 6 nitrogen and oxygen atoms in total. The minimum absolute atomic E-state index is 0.115. The summed E-state index contributed by atoms with van der Waals surface area (Å²) in [7, 11) is 3.38. The summed E-state index contributed by atoms with van der Waals surface area (Å²) in [6.45, 7) is 8.45. The van der Waals surface area contributed by atoms with Crippen LogP contribution in [-0.2, 0) is 4.79 Å². The van der Waals surface area contributed by atoms with Crippen LogP contribution in [0.4, 0.5) is 5.69 Å². The van der Waals surface area contributed by atoms with Crippen molar-refractivity contribution in [3.8, 4) is 5.88 Å². The Morgan fingerprint density at radius 1 is 1.27 bits per heavy atom. The van der Waals surface area contributed by atoms with Gasteiger partial charge in [-0.15, -0.1) is 0 Å². The fraction of sp³-hybridized carbons (Fsp3) is 0.348. The standard InChI is InChI=1S/C23H27BrN4O2/c1-7-16(23(2,3)4)18-19(25-5)22(29)28(14-10-11-17(24)27-13-14)20(18)15-9-8-12-26-21(15)30-6/h7-13,20,25H,1-6H3/b16-7-. The predicted octanol–water partition coefficient (Wildman–Crippen LogP) is 4.80. The minimum Gasteiger partial charge on any atom is -0.481 e. The second-order valence-corrected chi connectivity index (χ2v) is 8.82. The smallest absolute Gasteiger partial charge is 0.275 e. The topological polar surface area (TPSA) is 67.4 Å². The summed E-state index contributed by atoms with van der Waals surface area (Å²) in [6, 6.07) is 7.13. The van der Waals surface area contributed by atoms with Crippen LogP contribution in [0.3, 0.4) is 0 Å². The van der Waals surface area contributed by atoms with E-state index >= 15 is 0 Å². The Bertz CT molecular complexity index is 1010. The highest BCUT2D eigenvalue weighted by atomic mass is 79.9. The van der Waals surface area contributed by atoms with E-state index in [0.717, 1.165) is 16.7 Å². The van der Waals surface area contributed by atoms with Crippen molar-refractivity contribution in [2.45, 2.75) is 33.7 Å². The molecule has 1 N–H and O–H groups in total. The third-order valence-electron chi connectivity index (χ3n) is 5.15. The number of amides is 1. The molecular weight excluding hydrogens is 444 g/mol. The first-order chi connectivity index (χ1) is 14.2. The molecule has 1 unspecified atom stereocenters. The maximum Gasteiger partial charge on any atom is 0.275 e. The lowest BCUT2D eigenvalue weighted by atomic mass is 9.78. The first kappa shape index (κ1) is 22.0. The molecule has 1 aliphatic heterocycles. The number of likely N-dealkylation sites (N-methyl/N-ethyl adjacent to an activating group) is 1. The second-order valence-electron chi connectivity index (χ2n) is 8.01. The lowest BCUT2D eigenvalue weighted by molar-refractivity contribution is -0.115. The van der Waals surface area contributed by atoms with Gasteiger partial charge in [0.05, 0.1) is 25.0 Å². The summed E-state index contributed by atoms with van der Waals surface area (Å²) >= 11 is 3.37. The zero-order valence-corrected chi connectivity index (χ0v) is 19.7. The summed E-state index contributed by atoms with van der Waals surface area (Å²) in [6.07, 6.45) is 5.47. The van der Waals surface area contributed by atoms with E-state index in [0.29, 0.717) is 21.9 Å². The summed E-state index contributed by atoms with van der Waals surface area (Å²) in [5.74, 6) is 0.376. The molecule has 2 aromatic heterocycles. The number of nitrogens with zero attached hydrogens (tertiary/aromatic N) is 3. The van der Waals surface area contributed by atoms with Gasteiger partial charge in [0.25, 0.3) is 5.91 Å². The second kappa shape index (κ2) is 8.60. The number of carbonyl (C=O) groups is 1. The summed E-state index contributed by atoms with van der Waals surface area (Å²) in [4.78, 5) is 24.1. The first-order valence-electron chi connectivity index (χ1n) is 9.77. The van der Waals surface area contributed by atoms with Crippen molar-refractivity contribution in [2.75, 3.05) is 19.1 Å². The van der Waals surface area contributed by atoms with Crippen LogP contribution < -0.4 is 15.0 Å². The number of hydrogen-bond donors (Lipinski definition) is 1. The molecule has 0 radical (unpaired) electrons. The highest BCUT2D eigenvalue weighted by Gasteiger charge is 2.45. The van der Waals surface area contributed by atoms with Gasteiger partial charge in [0.15, 0.2) is 0 Å². The Labute approximate surface area is 186 Å². The molecule has 0 spiro atoms. The molecule has 1 amide bonds. The van der Waals surface area contributed by atoms with Gasteiger partial charge in [-0.05, 0) is 58.1 Å². The van der Waals surface area contributed by atoms with Gasteiger partial charge < -0.3 is 10.1 Å². The average molecular weight is 471 g/mol. The van der Waals surface area contributed by atoms with Crippen molar-refractivity contribution in [1.29, 1.82) is 0 Å².